The average molecular weight is 330 g/mol. The van der Waals surface area contributed by atoms with Gasteiger partial charge in [0, 0.05) is 28.7 Å². The Morgan fingerprint density at radius 3 is 2.50 bits per heavy atom. The molecule has 3 rings (SSSR count). The number of Topliss-reactive ketones (excluding diaryl/α,β-unsaturated/α-hetero) is 1. The van der Waals surface area contributed by atoms with Crippen LogP contribution in [0, 0.1) is 13.8 Å². The van der Waals surface area contributed by atoms with Crippen molar-refractivity contribution in [2.24, 2.45) is 0 Å². The Morgan fingerprint density at radius 2 is 1.83 bits per heavy atom. The third-order valence-corrected chi connectivity index (χ3v) is 4.35. The van der Waals surface area contributed by atoms with E-state index in [1.54, 1.807) is 19.9 Å². The van der Waals surface area contributed by atoms with E-state index in [-0.39, 0.29) is 35.2 Å². The van der Waals surface area contributed by atoms with Crippen LogP contribution in [0.1, 0.15) is 28.4 Å². The van der Waals surface area contributed by atoms with Crippen molar-refractivity contribution in [2.45, 2.75) is 26.4 Å². The summed E-state index contributed by atoms with van der Waals surface area (Å²) in [5, 5.41) is 30.0. The van der Waals surface area contributed by atoms with Gasteiger partial charge < -0.3 is 24.8 Å². The second-order valence-electron chi connectivity index (χ2n) is 5.83. The van der Waals surface area contributed by atoms with Gasteiger partial charge in [-0.2, -0.15) is 0 Å². The zero-order valence-corrected chi connectivity index (χ0v) is 13.6. The standard InChI is InChI=1S/C18H18O6/c1-8-15(21)9(2)17-11(16(8)22)7-13(20)18(24-17)10-4-5-12(19)14(6-10)23-3/h4-6,18-19,21-22H,7H2,1-3H3. The van der Waals surface area contributed by atoms with Crippen LogP contribution >= 0.6 is 0 Å². The molecule has 0 aromatic heterocycles. The lowest BCUT2D eigenvalue weighted by molar-refractivity contribution is -0.126. The number of ketones is 1. The van der Waals surface area contributed by atoms with E-state index in [2.05, 4.69) is 0 Å². The van der Waals surface area contributed by atoms with Crippen LogP contribution in [0.3, 0.4) is 0 Å². The molecule has 0 fully saturated rings. The van der Waals surface area contributed by atoms with Gasteiger partial charge in [-0.3, -0.25) is 4.79 Å². The van der Waals surface area contributed by atoms with Gasteiger partial charge in [0.05, 0.1) is 7.11 Å². The SMILES string of the molecule is COc1cc(C2Oc3c(C)c(O)c(C)c(O)c3CC2=O)ccc1O. The summed E-state index contributed by atoms with van der Waals surface area (Å²) in [5.74, 6) is 0.112. The molecule has 1 heterocycles. The second kappa shape index (κ2) is 5.63. The summed E-state index contributed by atoms with van der Waals surface area (Å²) < 4.78 is 10.9. The van der Waals surface area contributed by atoms with Crippen molar-refractivity contribution in [3.05, 3.63) is 40.5 Å². The fourth-order valence-corrected chi connectivity index (χ4v) is 2.95. The Hall–Kier alpha value is -2.89. The molecule has 0 radical (unpaired) electrons. The van der Waals surface area contributed by atoms with Crippen LogP contribution in [0.4, 0.5) is 0 Å². The molecule has 6 nitrogen and oxygen atoms in total. The third-order valence-electron chi connectivity index (χ3n) is 4.35. The van der Waals surface area contributed by atoms with Gasteiger partial charge in [-0.05, 0) is 26.0 Å². The first-order chi connectivity index (χ1) is 11.3. The van der Waals surface area contributed by atoms with Gasteiger partial charge in [0.25, 0.3) is 0 Å². The van der Waals surface area contributed by atoms with Crippen LogP contribution in [-0.4, -0.2) is 28.2 Å². The van der Waals surface area contributed by atoms with E-state index in [9.17, 15) is 20.1 Å². The highest BCUT2D eigenvalue weighted by Crippen LogP contribution is 2.46. The maximum Gasteiger partial charge on any atom is 0.182 e. The molecule has 6 heteroatoms. The lowest BCUT2D eigenvalue weighted by atomic mass is 9.92. The maximum absolute atomic E-state index is 12.5. The summed E-state index contributed by atoms with van der Waals surface area (Å²) in [5.41, 5.74) is 1.71. The van der Waals surface area contributed by atoms with Crippen molar-refractivity contribution in [1.82, 2.24) is 0 Å². The predicted octanol–water partition coefficient (Wildman–Crippen LogP) is 2.67. The molecule has 1 aliphatic heterocycles. The largest absolute Gasteiger partial charge is 0.507 e. The molecule has 0 spiro atoms. The van der Waals surface area contributed by atoms with E-state index in [4.69, 9.17) is 9.47 Å². The van der Waals surface area contributed by atoms with Crippen molar-refractivity contribution in [3.63, 3.8) is 0 Å². The zero-order valence-electron chi connectivity index (χ0n) is 13.6. The van der Waals surface area contributed by atoms with Crippen molar-refractivity contribution in [1.29, 1.82) is 0 Å². The van der Waals surface area contributed by atoms with E-state index in [0.29, 0.717) is 28.0 Å². The highest BCUT2D eigenvalue weighted by atomic mass is 16.5. The molecule has 0 aliphatic carbocycles. The number of carbonyl (C=O) groups is 1. The summed E-state index contributed by atoms with van der Waals surface area (Å²) in [7, 11) is 1.42. The summed E-state index contributed by atoms with van der Waals surface area (Å²) in [4.78, 5) is 12.5. The number of methoxy groups -OCH3 is 1. The molecule has 1 atom stereocenters. The Bertz CT molecular complexity index is 840. The van der Waals surface area contributed by atoms with Crippen LogP contribution in [-0.2, 0) is 11.2 Å². The van der Waals surface area contributed by atoms with E-state index in [0.717, 1.165) is 0 Å². The molecule has 0 saturated carbocycles. The van der Waals surface area contributed by atoms with Gasteiger partial charge in [-0.25, -0.2) is 0 Å². The molecule has 0 bridgehead atoms. The molecular formula is C18H18O6. The predicted molar refractivity (Wildman–Crippen MR) is 86.0 cm³/mol. The second-order valence-corrected chi connectivity index (χ2v) is 5.83. The topological polar surface area (TPSA) is 96.2 Å². The molecule has 1 aliphatic rings. The van der Waals surface area contributed by atoms with Crippen LogP contribution in [0.25, 0.3) is 0 Å². The number of phenols is 3. The minimum atomic E-state index is -0.896. The molecular weight excluding hydrogens is 312 g/mol. The van der Waals surface area contributed by atoms with Crippen LogP contribution in [0.15, 0.2) is 18.2 Å². The first-order valence-corrected chi connectivity index (χ1v) is 7.45. The highest BCUT2D eigenvalue weighted by Gasteiger charge is 2.34. The summed E-state index contributed by atoms with van der Waals surface area (Å²) in [6.07, 6.45) is -0.899. The van der Waals surface area contributed by atoms with Gasteiger partial charge in [0.1, 0.15) is 17.2 Å². The molecule has 126 valence electrons. The Balaban J connectivity index is 2.09. The zero-order chi connectivity index (χ0) is 17.6. The third kappa shape index (κ3) is 2.31. The lowest BCUT2D eigenvalue weighted by Gasteiger charge is -2.28. The quantitative estimate of drug-likeness (QED) is 0.783. The molecule has 1 unspecified atom stereocenters. The fraction of sp³-hybridized carbons (Fsp3) is 0.278. The molecule has 24 heavy (non-hydrogen) atoms. The highest BCUT2D eigenvalue weighted by molar-refractivity contribution is 5.90. The van der Waals surface area contributed by atoms with E-state index >= 15 is 0 Å². The normalized spacial score (nSPS) is 16.5. The van der Waals surface area contributed by atoms with Gasteiger partial charge >= 0.3 is 0 Å². The molecule has 0 amide bonds. The number of carbonyl (C=O) groups excluding carboxylic acids is 1. The Morgan fingerprint density at radius 1 is 1.12 bits per heavy atom. The smallest absolute Gasteiger partial charge is 0.182 e. The van der Waals surface area contributed by atoms with Crippen molar-refractivity contribution in [2.75, 3.05) is 7.11 Å². The van der Waals surface area contributed by atoms with Gasteiger partial charge in [-0.15, -0.1) is 0 Å². The number of rotatable bonds is 2. The number of aromatic hydroxyl groups is 3. The van der Waals surface area contributed by atoms with Crippen molar-refractivity contribution < 1.29 is 29.6 Å². The first-order valence-electron chi connectivity index (χ1n) is 7.45. The Kier molecular flexibility index (Phi) is 3.75. The number of fused-ring (bicyclic) bond motifs is 1. The average Bonchev–Trinajstić information content (AvgIpc) is 2.58. The minimum absolute atomic E-state index is 0.00299. The number of phenolic OH excluding ortho intramolecular Hbond substituents is 3. The Labute approximate surface area is 138 Å². The van der Waals surface area contributed by atoms with Crippen LogP contribution in [0.5, 0.6) is 28.7 Å². The summed E-state index contributed by atoms with van der Waals surface area (Å²) in [6, 6.07) is 4.54. The lowest BCUT2D eigenvalue weighted by Crippen LogP contribution is -2.26. The number of ether oxygens (including phenoxy) is 2. The van der Waals surface area contributed by atoms with Crippen LogP contribution in [0.2, 0.25) is 0 Å². The monoisotopic (exact) mass is 330 g/mol. The number of hydrogen-bond acceptors (Lipinski definition) is 6. The summed E-state index contributed by atoms with van der Waals surface area (Å²) in [6.45, 7) is 3.25. The van der Waals surface area contributed by atoms with Crippen molar-refractivity contribution >= 4 is 5.78 Å². The fourth-order valence-electron chi connectivity index (χ4n) is 2.95. The first kappa shape index (κ1) is 16.0. The van der Waals surface area contributed by atoms with Gasteiger partial charge in [0.15, 0.2) is 23.4 Å². The summed E-state index contributed by atoms with van der Waals surface area (Å²) >= 11 is 0. The van der Waals surface area contributed by atoms with Gasteiger partial charge in [-0.1, -0.05) is 6.07 Å². The number of hydrogen-bond donors (Lipinski definition) is 3. The van der Waals surface area contributed by atoms with E-state index in [1.165, 1.54) is 19.2 Å². The van der Waals surface area contributed by atoms with Gasteiger partial charge in [0.2, 0.25) is 0 Å². The van der Waals surface area contributed by atoms with E-state index < -0.39 is 6.10 Å². The van der Waals surface area contributed by atoms with Crippen LogP contribution < -0.4 is 9.47 Å². The number of benzene rings is 2. The van der Waals surface area contributed by atoms with E-state index in [1.807, 2.05) is 0 Å². The molecule has 2 aromatic rings. The molecule has 2 aromatic carbocycles. The minimum Gasteiger partial charge on any atom is -0.507 e. The molecule has 3 N–H and O–H groups in total. The molecule has 0 saturated heterocycles. The van der Waals surface area contributed by atoms with Crippen molar-refractivity contribution in [3.8, 4) is 28.7 Å². The maximum atomic E-state index is 12.5.